The first-order valence-corrected chi connectivity index (χ1v) is 15.2. The average molecular weight is 631 g/mol. The van der Waals surface area contributed by atoms with Crippen LogP contribution in [-0.2, 0) is 5.41 Å². The molecule has 2 aromatic carbocycles. The van der Waals surface area contributed by atoms with Gasteiger partial charge >= 0.3 is 12.1 Å². The third-order valence-electron chi connectivity index (χ3n) is 7.77. The second-order valence-corrected chi connectivity index (χ2v) is 12.4. The maximum Gasteiger partial charge on any atom is 0.407 e. The summed E-state index contributed by atoms with van der Waals surface area (Å²) in [5.74, 6) is 1.72. The highest BCUT2D eigenvalue weighted by Gasteiger charge is 2.23. The van der Waals surface area contributed by atoms with Gasteiger partial charge in [0, 0.05) is 48.6 Å². The third-order valence-corrected chi connectivity index (χ3v) is 7.77. The molecule has 12 heteroatoms. The lowest BCUT2D eigenvalue weighted by Gasteiger charge is -2.29. The van der Waals surface area contributed by atoms with E-state index in [9.17, 15) is 14.0 Å². The molecule has 11 nitrogen and oxygen atoms in total. The van der Waals surface area contributed by atoms with Crippen LogP contribution >= 0.6 is 0 Å². The van der Waals surface area contributed by atoms with Crippen LogP contribution < -0.4 is 20.1 Å². The van der Waals surface area contributed by atoms with E-state index in [2.05, 4.69) is 15.6 Å². The molecule has 242 valence electrons. The Balaban J connectivity index is 1.22. The number of nitrogens with one attached hydrogen (secondary N) is 2. The Kier molecular flexibility index (Phi) is 9.74. The fraction of sp³-hybridized carbons (Fsp3) is 0.353. The number of carbonyl (C=O) groups is 2. The number of anilines is 2. The number of halogens is 1. The second kappa shape index (κ2) is 13.9. The van der Waals surface area contributed by atoms with Crippen LogP contribution in [0.25, 0.3) is 5.69 Å². The van der Waals surface area contributed by atoms with E-state index in [0.717, 1.165) is 30.7 Å². The van der Waals surface area contributed by atoms with E-state index in [1.54, 1.807) is 35.1 Å². The molecular formula is C34H39FN6O5. The van der Waals surface area contributed by atoms with E-state index < -0.39 is 17.9 Å². The van der Waals surface area contributed by atoms with Gasteiger partial charge in [-0.25, -0.2) is 18.7 Å². The van der Waals surface area contributed by atoms with Gasteiger partial charge in [0.05, 0.1) is 23.7 Å². The van der Waals surface area contributed by atoms with Gasteiger partial charge in [-0.15, -0.1) is 0 Å². The lowest BCUT2D eigenvalue weighted by Crippen LogP contribution is -2.37. The van der Waals surface area contributed by atoms with Crippen LogP contribution in [0.15, 0.2) is 66.9 Å². The van der Waals surface area contributed by atoms with Gasteiger partial charge in [0.15, 0.2) is 0 Å². The van der Waals surface area contributed by atoms with Crippen LogP contribution in [0.3, 0.4) is 0 Å². The Morgan fingerprint density at radius 3 is 2.33 bits per heavy atom. The summed E-state index contributed by atoms with van der Waals surface area (Å²) in [5.41, 5.74) is 1.94. The van der Waals surface area contributed by atoms with Gasteiger partial charge in [-0.1, -0.05) is 20.8 Å². The molecule has 0 bridgehead atoms. The minimum atomic E-state index is -0.858. The quantitative estimate of drug-likeness (QED) is 0.174. The van der Waals surface area contributed by atoms with E-state index in [1.165, 1.54) is 17.0 Å². The molecule has 1 saturated heterocycles. The molecule has 1 aliphatic heterocycles. The summed E-state index contributed by atoms with van der Waals surface area (Å²) in [6.07, 6.45) is 3.28. The van der Waals surface area contributed by atoms with Gasteiger partial charge in [-0.3, -0.25) is 10.3 Å². The van der Waals surface area contributed by atoms with Crippen molar-refractivity contribution in [1.82, 2.24) is 19.7 Å². The van der Waals surface area contributed by atoms with E-state index >= 15 is 0 Å². The molecule has 0 atom stereocenters. The van der Waals surface area contributed by atoms with Gasteiger partial charge in [-0.2, -0.15) is 5.10 Å². The molecular weight excluding hydrogens is 591 g/mol. The molecule has 0 unspecified atom stereocenters. The van der Waals surface area contributed by atoms with Crippen molar-refractivity contribution in [2.24, 2.45) is 5.92 Å². The molecule has 0 aliphatic carbocycles. The zero-order valence-corrected chi connectivity index (χ0v) is 26.4. The highest BCUT2D eigenvalue weighted by molar-refractivity contribution is 5.99. The average Bonchev–Trinajstić information content (AvgIpc) is 3.43. The summed E-state index contributed by atoms with van der Waals surface area (Å²) in [6, 6.07) is 16.2. The molecule has 1 fully saturated rings. The molecule has 0 saturated carbocycles. The molecule has 0 spiro atoms. The topological polar surface area (TPSA) is 131 Å². The van der Waals surface area contributed by atoms with Crippen molar-refractivity contribution < 1.29 is 28.6 Å². The minimum absolute atomic E-state index is 0.00758. The molecule has 5 rings (SSSR count). The normalized spacial score (nSPS) is 13.7. The van der Waals surface area contributed by atoms with Crippen LogP contribution in [0.1, 0.15) is 51.4 Å². The van der Waals surface area contributed by atoms with Gasteiger partial charge in [0.1, 0.15) is 28.9 Å². The summed E-state index contributed by atoms with van der Waals surface area (Å²) in [6.45, 7) is 9.57. The molecule has 3 heterocycles. The zero-order valence-electron chi connectivity index (χ0n) is 26.4. The predicted octanol–water partition coefficient (Wildman–Crippen LogP) is 7.61. The minimum Gasteiger partial charge on any atom is -0.494 e. The first-order chi connectivity index (χ1) is 21.9. The fourth-order valence-corrected chi connectivity index (χ4v) is 5.12. The number of benzene rings is 2. The number of aromatic nitrogens is 3. The number of amides is 3. The SMILES string of the molecule is Cc1cc(Oc2ccc(NC(=O)Nc3cc(C(C)(C)C)nn3-c3ccc(OCCC4CCN(C(=O)O)CC4)cc3)c(F)c2)ccn1. The maximum absolute atomic E-state index is 14.9. The van der Waals surface area contributed by atoms with Gasteiger partial charge in [-0.05, 0) is 74.6 Å². The summed E-state index contributed by atoms with van der Waals surface area (Å²) in [5, 5.41) is 19.3. The molecule has 4 aromatic rings. The van der Waals surface area contributed by atoms with Crippen molar-refractivity contribution in [2.75, 3.05) is 30.3 Å². The van der Waals surface area contributed by atoms with Crippen LogP contribution in [0.5, 0.6) is 17.2 Å². The number of carboxylic acid groups (broad SMARTS) is 1. The second-order valence-electron chi connectivity index (χ2n) is 12.4. The third kappa shape index (κ3) is 8.32. The predicted molar refractivity (Wildman–Crippen MR) is 173 cm³/mol. The lowest BCUT2D eigenvalue weighted by atomic mass is 9.92. The van der Waals surface area contributed by atoms with Crippen molar-refractivity contribution in [2.45, 2.75) is 52.4 Å². The van der Waals surface area contributed by atoms with Crippen molar-refractivity contribution >= 4 is 23.6 Å². The van der Waals surface area contributed by atoms with Crippen molar-refractivity contribution in [3.63, 3.8) is 0 Å². The number of likely N-dealkylation sites (tertiary alicyclic amines) is 1. The van der Waals surface area contributed by atoms with Gasteiger partial charge in [0.25, 0.3) is 0 Å². The van der Waals surface area contributed by atoms with Crippen molar-refractivity contribution in [3.8, 4) is 22.9 Å². The highest BCUT2D eigenvalue weighted by atomic mass is 19.1. The van der Waals surface area contributed by atoms with Crippen molar-refractivity contribution in [3.05, 3.63) is 84.1 Å². The maximum atomic E-state index is 14.9. The van der Waals surface area contributed by atoms with Crippen LogP contribution in [0.2, 0.25) is 0 Å². The Labute approximate surface area is 267 Å². The van der Waals surface area contributed by atoms with E-state index in [0.29, 0.717) is 48.6 Å². The van der Waals surface area contributed by atoms with E-state index in [-0.39, 0.29) is 16.9 Å². The number of pyridine rings is 1. The number of rotatable bonds is 9. The molecule has 2 aromatic heterocycles. The number of nitrogens with zero attached hydrogens (tertiary/aromatic N) is 4. The number of urea groups is 1. The summed E-state index contributed by atoms with van der Waals surface area (Å²) in [4.78, 5) is 29.7. The lowest BCUT2D eigenvalue weighted by molar-refractivity contribution is 0.119. The zero-order chi connectivity index (χ0) is 32.8. The monoisotopic (exact) mass is 630 g/mol. The van der Waals surface area contributed by atoms with Crippen LogP contribution in [-0.4, -0.2) is 56.6 Å². The van der Waals surface area contributed by atoms with E-state index in [1.807, 2.05) is 52.0 Å². The molecule has 46 heavy (non-hydrogen) atoms. The number of carbonyl (C=O) groups excluding carboxylic acids is 1. The number of ether oxygens (including phenoxy) is 2. The van der Waals surface area contributed by atoms with Crippen molar-refractivity contribution in [1.29, 1.82) is 0 Å². The van der Waals surface area contributed by atoms with Crippen LogP contribution in [0.4, 0.5) is 25.5 Å². The molecule has 3 amide bonds. The number of hydrogen-bond acceptors (Lipinski definition) is 6. The number of aryl methyl sites for hydroxylation is 1. The largest absolute Gasteiger partial charge is 0.494 e. The summed E-state index contributed by atoms with van der Waals surface area (Å²) in [7, 11) is 0. The Morgan fingerprint density at radius 1 is 0.978 bits per heavy atom. The Bertz CT molecular complexity index is 1680. The molecule has 3 N–H and O–H groups in total. The molecule has 1 aliphatic rings. The summed E-state index contributed by atoms with van der Waals surface area (Å²) >= 11 is 0. The van der Waals surface area contributed by atoms with Crippen LogP contribution in [0, 0.1) is 18.7 Å². The van der Waals surface area contributed by atoms with Gasteiger partial charge < -0.3 is 24.8 Å². The van der Waals surface area contributed by atoms with Gasteiger partial charge in [0.2, 0.25) is 0 Å². The first kappa shape index (κ1) is 32.3. The Hall–Kier alpha value is -5.13. The smallest absolute Gasteiger partial charge is 0.407 e. The Morgan fingerprint density at radius 2 is 1.67 bits per heavy atom. The number of hydrogen-bond donors (Lipinski definition) is 3. The highest BCUT2D eigenvalue weighted by Crippen LogP contribution is 2.29. The first-order valence-electron chi connectivity index (χ1n) is 15.2. The fourth-order valence-electron chi connectivity index (χ4n) is 5.12. The molecule has 0 radical (unpaired) electrons. The standard InChI is InChI=1S/C34H39FN6O5/c1-22-19-27(11-15-36-22)46-26-9-10-29(28(35)20-26)37-32(42)38-31-21-30(34(2,3)4)39-41(31)24-5-7-25(8-6-24)45-18-14-23-12-16-40(17-13-23)33(43)44/h5-11,15,19-21,23H,12-14,16-18H2,1-4H3,(H,43,44)(H2,37,38,42). The van der Waals surface area contributed by atoms with E-state index in [4.69, 9.17) is 19.7 Å². The summed E-state index contributed by atoms with van der Waals surface area (Å²) < 4.78 is 28.2. The number of piperidine rings is 1.